The zero-order valence-corrected chi connectivity index (χ0v) is 10.6. The quantitative estimate of drug-likeness (QED) is 0.717. The molecular formula is C13H25NO2. The highest BCUT2D eigenvalue weighted by Crippen LogP contribution is 2.47. The largest absolute Gasteiger partial charge is 0.382 e. The summed E-state index contributed by atoms with van der Waals surface area (Å²) in [6, 6.07) is 0. The van der Waals surface area contributed by atoms with Crippen molar-refractivity contribution < 1.29 is 9.47 Å². The van der Waals surface area contributed by atoms with Crippen LogP contribution in [0.25, 0.3) is 0 Å². The number of methoxy groups -OCH3 is 2. The van der Waals surface area contributed by atoms with Crippen molar-refractivity contribution in [2.75, 3.05) is 33.9 Å². The number of fused-ring (bicyclic) bond motifs is 2. The molecular weight excluding hydrogens is 202 g/mol. The van der Waals surface area contributed by atoms with Crippen LogP contribution >= 0.6 is 0 Å². The molecule has 3 heteroatoms. The van der Waals surface area contributed by atoms with Crippen LogP contribution in [0, 0.1) is 17.8 Å². The smallest absolute Gasteiger partial charge is 0.0928 e. The Morgan fingerprint density at radius 3 is 2.69 bits per heavy atom. The molecule has 2 aliphatic rings. The molecule has 0 aromatic carbocycles. The van der Waals surface area contributed by atoms with Crippen LogP contribution in [0.15, 0.2) is 0 Å². The summed E-state index contributed by atoms with van der Waals surface area (Å²) in [4.78, 5) is 0. The maximum atomic E-state index is 5.33. The van der Waals surface area contributed by atoms with Gasteiger partial charge in [0.25, 0.3) is 0 Å². The van der Waals surface area contributed by atoms with Crippen molar-refractivity contribution in [3.8, 4) is 0 Å². The second kappa shape index (κ2) is 5.99. The van der Waals surface area contributed by atoms with Gasteiger partial charge in [0, 0.05) is 20.8 Å². The van der Waals surface area contributed by atoms with E-state index in [2.05, 4.69) is 5.32 Å². The van der Waals surface area contributed by atoms with Gasteiger partial charge in [0.15, 0.2) is 0 Å². The summed E-state index contributed by atoms with van der Waals surface area (Å²) in [7, 11) is 3.48. The van der Waals surface area contributed by atoms with E-state index in [-0.39, 0.29) is 6.10 Å². The molecule has 4 atom stereocenters. The topological polar surface area (TPSA) is 30.5 Å². The van der Waals surface area contributed by atoms with E-state index >= 15 is 0 Å². The number of ether oxygens (including phenoxy) is 2. The average Bonchev–Trinajstić information content (AvgIpc) is 2.89. The molecule has 0 saturated heterocycles. The summed E-state index contributed by atoms with van der Waals surface area (Å²) in [5.41, 5.74) is 0. The van der Waals surface area contributed by atoms with E-state index in [0.717, 1.165) is 24.3 Å². The van der Waals surface area contributed by atoms with Gasteiger partial charge < -0.3 is 14.8 Å². The fourth-order valence-corrected chi connectivity index (χ4v) is 3.45. The standard InChI is InChI=1S/C13H25NO2/c1-15-9-13(16-2)8-14-7-12-6-10-3-4-11(12)5-10/h10-14H,3-9H2,1-2H3. The SMILES string of the molecule is COCC(CNCC1CC2CCC1C2)OC. The summed E-state index contributed by atoms with van der Waals surface area (Å²) < 4.78 is 10.4. The first-order valence-corrected chi connectivity index (χ1v) is 6.56. The van der Waals surface area contributed by atoms with Gasteiger partial charge in [-0.15, -0.1) is 0 Å². The van der Waals surface area contributed by atoms with Crippen LogP contribution in [0.4, 0.5) is 0 Å². The normalized spacial score (nSPS) is 34.5. The van der Waals surface area contributed by atoms with Gasteiger partial charge >= 0.3 is 0 Å². The molecule has 0 aromatic rings. The minimum absolute atomic E-state index is 0.198. The summed E-state index contributed by atoms with van der Waals surface area (Å²) in [6.07, 6.45) is 6.12. The van der Waals surface area contributed by atoms with Gasteiger partial charge in [-0.3, -0.25) is 0 Å². The van der Waals surface area contributed by atoms with Crippen molar-refractivity contribution >= 4 is 0 Å². The summed E-state index contributed by atoms with van der Waals surface area (Å²) >= 11 is 0. The molecule has 3 nitrogen and oxygen atoms in total. The van der Waals surface area contributed by atoms with Crippen LogP contribution in [0.3, 0.4) is 0 Å². The first-order chi connectivity index (χ1) is 7.83. The van der Waals surface area contributed by atoms with E-state index in [1.807, 2.05) is 0 Å². The Morgan fingerprint density at radius 2 is 2.12 bits per heavy atom. The Kier molecular flexibility index (Phi) is 4.62. The van der Waals surface area contributed by atoms with Crippen molar-refractivity contribution in [3.63, 3.8) is 0 Å². The maximum absolute atomic E-state index is 5.33. The second-order valence-electron chi connectivity index (χ2n) is 5.41. The molecule has 4 unspecified atom stereocenters. The van der Waals surface area contributed by atoms with Crippen LogP contribution in [-0.4, -0.2) is 40.0 Å². The molecule has 2 fully saturated rings. The fraction of sp³-hybridized carbons (Fsp3) is 1.00. The Hall–Kier alpha value is -0.120. The Balaban J connectivity index is 1.60. The lowest BCUT2D eigenvalue weighted by molar-refractivity contribution is 0.0281. The third-order valence-corrected chi connectivity index (χ3v) is 4.35. The van der Waals surface area contributed by atoms with E-state index in [4.69, 9.17) is 9.47 Å². The van der Waals surface area contributed by atoms with Gasteiger partial charge in [-0.05, 0) is 43.6 Å². The maximum Gasteiger partial charge on any atom is 0.0928 e. The molecule has 2 saturated carbocycles. The number of rotatable bonds is 7. The van der Waals surface area contributed by atoms with E-state index < -0.39 is 0 Å². The lowest BCUT2D eigenvalue weighted by Crippen LogP contribution is -2.35. The van der Waals surface area contributed by atoms with Crippen molar-refractivity contribution in [2.24, 2.45) is 17.8 Å². The predicted octanol–water partition coefficient (Wildman–Crippen LogP) is 1.67. The van der Waals surface area contributed by atoms with E-state index in [1.165, 1.54) is 32.2 Å². The molecule has 0 radical (unpaired) electrons. The molecule has 0 aromatic heterocycles. The summed E-state index contributed by atoms with van der Waals surface area (Å²) in [5.74, 6) is 2.99. The third kappa shape index (κ3) is 2.96. The molecule has 0 aliphatic heterocycles. The zero-order chi connectivity index (χ0) is 11.4. The summed E-state index contributed by atoms with van der Waals surface area (Å²) in [6.45, 7) is 2.77. The zero-order valence-electron chi connectivity index (χ0n) is 10.6. The van der Waals surface area contributed by atoms with Crippen molar-refractivity contribution in [2.45, 2.75) is 31.8 Å². The van der Waals surface area contributed by atoms with Crippen LogP contribution in [0.1, 0.15) is 25.7 Å². The van der Waals surface area contributed by atoms with E-state index in [0.29, 0.717) is 6.61 Å². The number of hydrogen-bond acceptors (Lipinski definition) is 3. The first kappa shape index (κ1) is 12.3. The summed E-state index contributed by atoms with van der Waals surface area (Å²) in [5, 5.41) is 3.54. The molecule has 0 heterocycles. The van der Waals surface area contributed by atoms with Gasteiger partial charge in [-0.25, -0.2) is 0 Å². The fourth-order valence-electron chi connectivity index (χ4n) is 3.45. The van der Waals surface area contributed by atoms with Gasteiger partial charge in [0.05, 0.1) is 12.7 Å². The number of hydrogen-bond donors (Lipinski definition) is 1. The third-order valence-electron chi connectivity index (χ3n) is 4.35. The van der Waals surface area contributed by atoms with Crippen molar-refractivity contribution in [1.82, 2.24) is 5.32 Å². The molecule has 16 heavy (non-hydrogen) atoms. The van der Waals surface area contributed by atoms with Crippen LogP contribution in [0.2, 0.25) is 0 Å². The predicted molar refractivity (Wildman–Crippen MR) is 64.5 cm³/mol. The lowest BCUT2D eigenvalue weighted by atomic mass is 9.89. The minimum atomic E-state index is 0.198. The average molecular weight is 227 g/mol. The van der Waals surface area contributed by atoms with Crippen molar-refractivity contribution in [3.05, 3.63) is 0 Å². The Bertz CT molecular complexity index is 210. The first-order valence-electron chi connectivity index (χ1n) is 6.56. The molecule has 2 bridgehead atoms. The molecule has 94 valence electrons. The van der Waals surface area contributed by atoms with Gasteiger partial charge in [-0.1, -0.05) is 6.42 Å². The van der Waals surface area contributed by atoms with E-state index in [9.17, 15) is 0 Å². The Labute approximate surface area is 98.9 Å². The molecule has 1 N–H and O–H groups in total. The van der Waals surface area contributed by atoms with Crippen LogP contribution in [-0.2, 0) is 9.47 Å². The van der Waals surface area contributed by atoms with Crippen LogP contribution < -0.4 is 5.32 Å². The number of nitrogens with one attached hydrogen (secondary N) is 1. The molecule has 0 amide bonds. The highest BCUT2D eigenvalue weighted by Gasteiger charge is 2.38. The van der Waals surface area contributed by atoms with Gasteiger partial charge in [0.1, 0.15) is 0 Å². The molecule has 2 rings (SSSR count). The van der Waals surface area contributed by atoms with Crippen LogP contribution in [0.5, 0.6) is 0 Å². The molecule has 0 spiro atoms. The van der Waals surface area contributed by atoms with Crippen molar-refractivity contribution in [1.29, 1.82) is 0 Å². The van der Waals surface area contributed by atoms with Gasteiger partial charge in [-0.2, -0.15) is 0 Å². The lowest BCUT2D eigenvalue weighted by Gasteiger charge is -2.23. The second-order valence-corrected chi connectivity index (χ2v) is 5.41. The minimum Gasteiger partial charge on any atom is -0.382 e. The molecule has 2 aliphatic carbocycles. The highest BCUT2D eigenvalue weighted by molar-refractivity contribution is 4.90. The van der Waals surface area contributed by atoms with Gasteiger partial charge in [0.2, 0.25) is 0 Å². The van der Waals surface area contributed by atoms with E-state index in [1.54, 1.807) is 14.2 Å². The Morgan fingerprint density at radius 1 is 1.25 bits per heavy atom. The highest BCUT2D eigenvalue weighted by atomic mass is 16.5. The monoisotopic (exact) mass is 227 g/mol.